The van der Waals surface area contributed by atoms with Crippen molar-refractivity contribution in [2.75, 3.05) is 19.7 Å². The molecular weight excluding hydrogens is 261 g/mol. The first kappa shape index (κ1) is 15.9. The number of nitrogens with one attached hydrogen (secondary N) is 2. The summed E-state index contributed by atoms with van der Waals surface area (Å²) in [4.78, 5) is 11.3. The Bertz CT molecular complexity index is 486. The number of amides is 1. The molecule has 0 unspecified atom stereocenters. The Balaban J connectivity index is 2.53. The molecule has 0 fully saturated rings. The van der Waals surface area contributed by atoms with Gasteiger partial charge >= 0.3 is 0 Å². The predicted octanol–water partition coefficient (Wildman–Crippen LogP) is 1.34. The van der Waals surface area contributed by atoms with E-state index in [9.17, 15) is 9.18 Å². The molecule has 0 bridgehead atoms. The maximum atomic E-state index is 13.4. The molecule has 1 aromatic rings. The van der Waals surface area contributed by atoms with Crippen molar-refractivity contribution in [1.82, 2.24) is 10.6 Å². The van der Waals surface area contributed by atoms with Crippen LogP contribution in [-0.4, -0.2) is 25.6 Å². The standard InChI is InChI=1S/C14H18FN3O2/c1-2-4-17-9-11-6-12(15)8-13(7-11)20-10-14(19)18-5-3-16/h6-8,17H,2,4-5,9-10H2,1H3,(H,18,19). The third-order valence-corrected chi connectivity index (χ3v) is 2.42. The second kappa shape index (κ2) is 8.88. The second-order valence-corrected chi connectivity index (χ2v) is 4.20. The third kappa shape index (κ3) is 6.16. The molecule has 0 aliphatic rings. The quantitative estimate of drug-likeness (QED) is 0.556. The first-order valence-corrected chi connectivity index (χ1v) is 6.42. The van der Waals surface area contributed by atoms with E-state index >= 15 is 0 Å². The lowest BCUT2D eigenvalue weighted by Gasteiger charge is -2.09. The van der Waals surface area contributed by atoms with Crippen molar-refractivity contribution in [2.24, 2.45) is 0 Å². The van der Waals surface area contributed by atoms with Crippen molar-refractivity contribution in [1.29, 1.82) is 5.26 Å². The van der Waals surface area contributed by atoms with Crippen LogP contribution in [0.25, 0.3) is 0 Å². The minimum atomic E-state index is -0.415. The highest BCUT2D eigenvalue weighted by atomic mass is 19.1. The van der Waals surface area contributed by atoms with E-state index in [0.29, 0.717) is 12.3 Å². The SMILES string of the molecule is CCCNCc1cc(F)cc(OCC(=O)NCC#N)c1. The van der Waals surface area contributed by atoms with Gasteiger partial charge in [0.2, 0.25) is 0 Å². The molecule has 108 valence electrons. The molecule has 5 nitrogen and oxygen atoms in total. The summed E-state index contributed by atoms with van der Waals surface area (Å²) in [6, 6.07) is 6.12. The van der Waals surface area contributed by atoms with Gasteiger partial charge in [-0.3, -0.25) is 4.79 Å². The lowest BCUT2D eigenvalue weighted by molar-refractivity contribution is -0.122. The van der Waals surface area contributed by atoms with Gasteiger partial charge in [-0.2, -0.15) is 5.26 Å². The number of halogens is 1. The van der Waals surface area contributed by atoms with Crippen LogP contribution in [-0.2, 0) is 11.3 Å². The van der Waals surface area contributed by atoms with Gasteiger partial charge in [-0.15, -0.1) is 0 Å². The topological polar surface area (TPSA) is 74.2 Å². The zero-order valence-electron chi connectivity index (χ0n) is 11.4. The molecule has 0 saturated heterocycles. The highest BCUT2D eigenvalue weighted by molar-refractivity contribution is 5.77. The monoisotopic (exact) mass is 279 g/mol. The molecule has 0 radical (unpaired) electrons. The number of hydrogen-bond donors (Lipinski definition) is 2. The molecule has 0 aliphatic carbocycles. The van der Waals surface area contributed by atoms with Crippen molar-refractivity contribution >= 4 is 5.91 Å². The van der Waals surface area contributed by atoms with E-state index < -0.39 is 11.7 Å². The van der Waals surface area contributed by atoms with Gasteiger partial charge in [0.15, 0.2) is 6.61 Å². The zero-order chi connectivity index (χ0) is 14.8. The summed E-state index contributed by atoms with van der Waals surface area (Å²) in [7, 11) is 0. The average Bonchev–Trinajstić information content (AvgIpc) is 2.42. The van der Waals surface area contributed by atoms with E-state index in [1.807, 2.05) is 6.92 Å². The summed E-state index contributed by atoms with van der Waals surface area (Å²) >= 11 is 0. The first-order chi connectivity index (χ1) is 9.65. The van der Waals surface area contributed by atoms with Crippen LogP contribution in [0.3, 0.4) is 0 Å². The molecule has 2 N–H and O–H groups in total. The molecule has 20 heavy (non-hydrogen) atoms. The number of benzene rings is 1. The van der Waals surface area contributed by atoms with Crippen LogP contribution in [0.5, 0.6) is 5.75 Å². The fourth-order valence-corrected chi connectivity index (χ4v) is 1.55. The van der Waals surface area contributed by atoms with Gasteiger partial charge in [0.05, 0.1) is 6.07 Å². The second-order valence-electron chi connectivity index (χ2n) is 4.20. The number of nitrogens with zero attached hydrogens (tertiary/aromatic N) is 1. The van der Waals surface area contributed by atoms with Crippen LogP contribution in [0.1, 0.15) is 18.9 Å². The highest BCUT2D eigenvalue weighted by Gasteiger charge is 2.05. The maximum absolute atomic E-state index is 13.4. The minimum Gasteiger partial charge on any atom is -0.484 e. The number of carbonyl (C=O) groups excluding carboxylic acids is 1. The van der Waals surface area contributed by atoms with Crippen LogP contribution in [0.2, 0.25) is 0 Å². The normalized spacial score (nSPS) is 9.85. The molecule has 0 atom stereocenters. The Hall–Kier alpha value is -2.13. The smallest absolute Gasteiger partial charge is 0.258 e. The fraction of sp³-hybridized carbons (Fsp3) is 0.429. The average molecular weight is 279 g/mol. The first-order valence-electron chi connectivity index (χ1n) is 6.42. The Morgan fingerprint density at radius 3 is 2.95 bits per heavy atom. The number of rotatable bonds is 8. The molecule has 1 rings (SSSR count). The van der Waals surface area contributed by atoms with Gasteiger partial charge in [-0.05, 0) is 30.7 Å². The van der Waals surface area contributed by atoms with Crippen LogP contribution < -0.4 is 15.4 Å². The summed E-state index contributed by atoms with van der Waals surface area (Å²) in [5.74, 6) is -0.528. The molecule has 0 aromatic heterocycles. The number of carbonyl (C=O) groups is 1. The molecule has 0 saturated carbocycles. The van der Waals surface area contributed by atoms with E-state index in [-0.39, 0.29) is 13.2 Å². The third-order valence-electron chi connectivity index (χ3n) is 2.42. The van der Waals surface area contributed by atoms with Gasteiger partial charge in [0.25, 0.3) is 5.91 Å². The van der Waals surface area contributed by atoms with Crippen LogP contribution in [0.15, 0.2) is 18.2 Å². The van der Waals surface area contributed by atoms with Crippen LogP contribution in [0.4, 0.5) is 4.39 Å². The number of hydrogen-bond acceptors (Lipinski definition) is 4. The van der Waals surface area contributed by atoms with E-state index in [1.165, 1.54) is 12.1 Å². The Labute approximate surface area is 117 Å². The summed E-state index contributed by atoms with van der Waals surface area (Å²) < 4.78 is 18.6. The Morgan fingerprint density at radius 2 is 2.25 bits per heavy atom. The number of ether oxygens (including phenoxy) is 1. The molecular formula is C14H18FN3O2. The van der Waals surface area contributed by atoms with Gasteiger partial charge in [0.1, 0.15) is 18.1 Å². The van der Waals surface area contributed by atoms with E-state index in [2.05, 4.69) is 10.6 Å². The van der Waals surface area contributed by atoms with Crippen LogP contribution in [0, 0.1) is 17.1 Å². The van der Waals surface area contributed by atoms with Crippen molar-refractivity contribution in [3.05, 3.63) is 29.6 Å². The fourth-order valence-electron chi connectivity index (χ4n) is 1.55. The van der Waals surface area contributed by atoms with E-state index in [0.717, 1.165) is 18.5 Å². The molecule has 0 heterocycles. The Kier molecular flexibility index (Phi) is 7.07. The van der Waals surface area contributed by atoms with Gasteiger partial charge in [0, 0.05) is 12.6 Å². The summed E-state index contributed by atoms with van der Waals surface area (Å²) in [5, 5.41) is 13.8. The lowest BCUT2D eigenvalue weighted by atomic mass is 10.2. The van der Waals surface area contributed by atoms with E-state index in [4.69, 9.17) is 10.00 Å². The van der Waals surface area contributed by atoms with Crippen molar-refractivity contribution in [3.63, 3.8) is 0 Å². The van der Waals surface area contributed by atoms with Crippen LogP contribution >= 0.6 is 0 Å². The molecule has 0 spiro atoms. The molecule has 1 amide bonds. The minimum absolute atomic E-state index is 0.0719. The van der Waals surface area contributed by atoms with Crippen molar-refractivity contribution in [3.8, 4) is 11.8 Å². The van der Waals surface area contributed by atoms with Gasteiger partial charge in [-0.1, -0.05) is 6.92 Å². The number of nitriles is 1. The predicted molar refractivity (Wildman–Crippen MR) is 72.5 cm³/mol. The molecule has 0 aliphatic heterocycles. The Morgan fingerprint density at radius 1 is 1.45 bits per heavy atom. The maximum Gasteiger partial charge on any atom is 0.258 e. The van der Waals surface area contributed by atoms with E-state index in [1.54, 1.807) is 12.1 Å². The summed E-state index contributed by atoms with van der Waals surface area (Å²) in [5.41, 5.74) is 0.755. The molecule has 1 aromatic carbocycles. The highest BCUT2D eigenvalue weighted by Crippen LogP contribution is 2.16. The van der Waals surface area contributed by atoms with Gasteiger partial charge in [-0.25, -0.2) is 4.39 Å². The zero-order valence-corrected chi connectivity index (χ0v) is 11.4. The summed E-state index contributed by atoms with van der Waals surface area (Å²) in [6.07, 6.45) is 0.998. The molecule has 6 heteroatoms. The largest absolute Gasteiger partial charge is 0.484 e. The van der Waals surface area contributed by atoms with Crippen molar-refractivity contribution in [2.45, 2.75) is 19.9 Å². The van der Waals surface area contributed by atoms with Crippen molar-refractivity contribution < 1.29 is 13.9 Å². The van der Waals surface area contributed by atoms with Gasteiger partial charge < -0.3 is 15.4 Å². The summed E-state index contributed by atoms with van der Waals surface area (Å²) in [6.45, 7) is 3.13. The lowest BCUT2D eigenvalue weighted by Crippen LogP contribution is -2.29.